The molecule has 0 aliphatic carbocycles. The van der Waals surface area contributed by atoms with Crippen molar-refractivity contribution in [2.75, 3.05) is 13.2 Å². The van der Waals surface area contributed by atoms with Gasteiger partial charge in [-0.05, 0) is 47.9 Å². The first kappa shape index (κ1) is 30.3. The molecule has 3 aromatic carbocycles. The maximum atomic E-state index is 15.2. The van der Waals surface area contributed by atoms with E-state index in [-0.39, 0.29) is 42.1 Å². The summed E-state index contributed by atoms with van der Waals surface area (Å²) in [7, 11) is 0. The van der Waals surface area contributed by atoms with Gasteiger partial charge in [0.15, 0.2) is 29.6 Å². The second-order valence-electron chi connectivity index (χ2n) is 10.8. The van der Waals surface area contributed by atoms with Crippen LogP contribution in [0.4, 0.5) is 17.6 Å². The maximum absolute atomic E-state index is 15.2. The molecule has 216 valence electrons. The van der Waals surface area contributed by atoms with Crippen molar-refractivity contribution < 1.29 is 27.0 Å². The Morgan fingerprint density at radius 1 is 0.600 bits per heavy atom. The van der Waals surface area contributed by atoms with Gasteiger partial charge in [-0.15, -0.1) is 0 Å². The van der Waals surface area contributed by atoms with Crippen LogP contribution in [0.2, 0.25) is 0 Å². The van der Waals surface area contributed by atoms with E-state index in [0.717, 1.165) is 38.5 Å². The van der Waals surface area contributed by atoms with Gasteiger partial charge >= 0.3 is 0 Å². The minimum absolute atomic E-state index is 0.105. The Balaban J connectivity index is 1.41. The standard InChI is InChI=1S/C34H40F4O2/c1-3-5-7-8-10-12-30-39-21-26(22-40-30)29-20-19-28(33(37)34(29)38)24-15-13-23(14-16-24)27-18-17-25(11-9-6-4-2)31(35)32(27)36/h13-20,26,30H,3-12,21-22H2,1-2H3. The van der Waals surface area contributed by atoms with Gasteiger partial charge in [0.2, 0.25) is 0 Å². The summed E-state index contributed by atoms with van der Waals surface area (Å²) in [6.45, 7) is 4.80. The fraction of sp³-hybridized carbons (Fsp3) is 0.471. The van der Waals surface area contributed by atoms with E-state index in [2.05, 4.69) is 13.8 Å². The van der Waals surface area contributed by atoms with Crippen molar-refractivity contribution in [1.29, 1.82) is 0 Å². The third kappa shape index (κ3) is 7.32. The highest BCUT2D eigenvalue weighted by Crippen LogP contribution is 2.34. The van der Waals surface area contributed by atoms with Gasteiger partial charge in [-0.3, -0.25) is 0 Å². The van der Waals surface area contributed by atoms with E-state index in [1.54, 1.807) is 48.5 Å². The lowest BCUT2D eigenvalue weighted by molar-refractivity contribution is -0.190. The number of hydrogen-bond donors (Lipinski definition) is 0. The predicted molar refractivity (Wildman–Crippen MR) is 152 cm³/mol. The number of hydrogen-bond acceptors (Lipinski definition) is 2. The van der Waals surface area contributed by atoms with Gasteiger partial charge in [0, 0.05) is 17.0 Å². The molecule has 0 radical (unpaired) electrons. The molecule has 0 saturated carbocycles. The molecular weight excluding hydrogens is 516 g/mol. The first-order chi connectivity index (χ1) is 19.4. The van der Waals surface area contributed by atoms with Crippen LogP contribution in [0.5, 0.6) is 0 Å². The molecule has 0 aromatic heterocycles. The molecule has 3 aromatic rings. The van der Waals surface area contributed by atoms with Crippen LogP contribution in [0.1, 0.15) is 88.7 Å². The molecule has 40 heavy (non-hydrogen) atoms. The monoisotopic (exact) mass is 556 g/mol. The highest BCUT2D eigenvalue weighted by Gasteiger charge is 2.27. The lowest BCUT2D eigenvalue weighted by atomic mass is 9.94. The molecule has 6 heteroatoms. The van der Waals surface area contributed by atoms with Crippen LogP contribution < -0.4 is 0 Å². The van der Waals surface area contributed by atoms with Gasteiger partial charge in [-0.1, -0.05) is 101 Å². The molecule has 0 unspecified atom stereocenters. The first-order valence-corrected chi connectivity index (χ1v) is 14.7. The van der Waals surface area contributed by atoms with Gasteiger partial charge in [-0.25, -0.2) is 17.6 Å². The van der Waals surface area contributed by atoms with Crippen molar-refractivity contribution in [2.24, 2.45) is 0 Å². The summed E-state index contributed by atoms with van der Waals surface area (Å²) < 4.78 is 71.4. The molecule has 1 aliphatic heterocycles. The van der Waals surface area contributed by atoms with Crippen LogP contribution in [-0.2, 0) is 15.9 Å². The Hall–Kier alpha value is -2.70. The van der Waals surface area contributed by atoms with Crippen molar-refractivity contribution in [2.45, 2.75) is 90.3 Å². The molecular formula is C34H40F4O2. The largest absolute Gasteiger partial charge is 0.352 e. The number of rotatable bonds is 13. The van der Waals surface area contributed by atoms with E-state index in [1.165, 1.54) is 19.3 Å². The molecule has 1 saturated heterocycles. The molecule has 0 bridgehead atoms. The molecule has 1 aliphatic rings. The molecule has 0 atom stereocenters. The number of ether oxygens (including phenoxy) is 2. The molecule has 0 spiro atoms. The zero-order valence-corrected chi connectivity index (χ0v) is 23.6. The number of aryl methyl sites for hydroxylation is 1. The zero-order chi connectivity index (χ0) is 28.5. The summed E-state index contributed by atoms with van der Waals surface area (Å²) in [6, 6.07) is 12.7. The lowest BCUT2D eigenvalue weighted by Crippen LogP contribution is -2.31. The second-order valence-corrected chi connectivity index (χ2v) is 10.8. The van der Waals surface area contributed by atoms with E-state index >= 15 is 8.78 Å². The first-order valence-electron chi connectivity index (χ1n) is 14.7. The van der Waals surface area contributed by atoms with E-state index in [1.807, 2.05) is 0 Å². The predicted octanol–water partition coefficient (Wildman–Crippen LogP) is 10.1. The van der Waals surface area contributed by atoms with Crippen LogP contribution >= 0.6 is 0 Å². The number of halogens is 4. The average Bonchev–Trinajstić information content (AvgIpc) is 2.97. The minimum atomic E-state index is -0.947. The summed E-state index contributed by atoms with van der Waals surface area (Å²) in [6.07, 6.45) is 9.57. The summed E-state index contributed by atoms with van der Waals surface area (Å²) in [5.74, 6) is -3.96. The Labute approximate surface area is 235 Å². The van der Waals surface area contributed by atoms with Gasteiger partial charge in [0.1, 0.15) is 0 Å². The maximum Gasteiger partial charge on any atom is 0.166 e. The highest BCUT2D eigenvalue weighted by atomic mass is 19.2. The molecule has 1 fully saturated rings. The number of unbranched alkanes of at least 4 members (excludes halogenated alkanes) is 6. The molecule has 0 amide bonds. The van der Waals surface area contributed by atoms with Crippen molar-refractivity contribution in [3.63, 3.8) is 0 Å². The number of benzene rings is 3. The van der Waals surface area contributed by atoms with Crippen LogP contribution in [0.25, 0.3) is 22.3 Å². The highest BCUT2D eigenvalue weighted by molar-refractivity contribution is 5.71. The Morgan fingerprint density at radius 3 is 1.77 bits per heavy atom. The van der Waals surface area contributed by atoms with E-state index in [0.29, 0.717) is 23.1 Å². The molecule has 1 heterocycles. The van der Waals surface area contributed by atoms with Crippen LogP contribution in [0, 0.1) is 23.3 Å². The van der Waals surface area contributed by atoms with Gasteiger partial charge in [0.05, 0.1) is 13.2 Å². The quantitative estimate of drug-likeness (QED) is 0.154. The SMILES string of the molecule is CCCCCCCC1OCC(c2ccc(-c3ccc(-c4ccc(CCCCC)c(F)c4F)cc3)c(F)c2F)CO1. The smallest absolute Gasteiger partial charge is 0.166 e. The summed E-state index contributed by atoms with van der Waals surface area (Å²) in [4.78, 5) is 0. The summed E-state index contributed by atoms with van der Waals surface area (Å²) in [5, 5.41) is 0. The molecule has 4 rings (SSSR count). The molecule has 2 nitrogen and oxygen atoms in total. The Morgan fingerprint density at radius 2 is 1.15 bits per heavy atom. The lowest BCUT2D eigenvalue weighted by Gasteiger charge is -2.30. The summed E-state index contributed by atoms with van der Waals surface area (Å²) >= 11 is 0. The van der Waals surface area contributed by atoms with Gasteiger partial charge in [0.25, 0.3) is 0 Å². The third-order valence-electron chi connectivity index (χ3n) is 7.78. The topological polar surface area (TPSA) is 18.5 Å². The van der Waals surface area contributed by atoms with Crippen molar-refractivity contribution in [3.8, 4) is 22.3 Å². The third-order valence-corrected chi connectivity index (χ3v) is 7.78. The Bertz CT molecular complexity index is 1230. The molecule has 0 N–H and O–H groups in total. The van der Waals surface area contributed by atoms with Crippen molar-refractivity contribution in [1.82, 2.24) is 0 Å². The van der Waals surface area contributed by atoms with E-state index in [4.69, 9.17) is 9.47 Å². The summed E-state index contributed by atoms with van der Waals surface area (Å²) in [5.41, 5.74) is 1.76. The van der Waals surface area contributed by atoms with Crippen molar-refractivity contribution >= 4 is 0 Å². The van der Waals surface area contributed by atoms with E-state index in [9.17, 15) is 8.78 Å². The van der Waals surface area contributed by atoms with Gasteiger partial charge < -0.3 is 9.47 Å². The fourth-order valence-corrected chi connectivity index (χ4v) is 5.31. The normalized spacial score (nSPS) is 17.4. The van der Waals surface area contributed by atoms with E-state index < -0.39 is 23.3 Å². The average molecular weight is 557 g/mol. The van der Waals surface area contributed by atoms with Crippen molar-refractivity contribution in [3.05, 3.63) is 82.9 Å². The fourth-order valence-electron chi connectivity index (χ4n) is 5.31. The van der Waals surface area contributed by atoms with Crippen LogP contribution in [0.3, 0.4) is 0 Å². The van der Waals surface area contributed by atoms with Crippen LogP contribution in [0.15, 0.2) is 48.5 Å². The van der Waals surface area contributed by atoms with Gasteiger partial charge in [-0.2, -0.15) is 0 Å². The Kier molecular flexibility index (Phi) is 11.2. The zero-order valence-electron chi connectivity index (χ0n) is 23.6. The van der Waals surface area contributed by atoms with Crippen LogP contribution in [-0.4, -0.2) is 19.5 Å². The minimum Gasteiger partial charge on any atom is -0.352 e. The second kappa shape index (κ2) is 14.8.